The number of aryl methyl sites for hydroxylation is 2. The third kappa shape index (κ3) is 4.65. The van der Waals surface area contributed by atoms with E-state index in [1.165, 1.54) is 11.8 Å². The number of nitrogens with one attached hydrogen (secondary N) is 1. The number of benzene rings is 2. The van der Waals surface area contributed by atoms with Crippen molar-refractivity contribution in [3.63, 3.8) is 0 Å². The number of carbonyl (C=O) groups is 1. The molecule has 1 aliphatic heterocycles. The van der Waals surface area contributed by atoms with E-state index >= 15 is 0 Å². The van der Waals surface area contributed by atoms with Crippen molar-refractivity contribution in [1.82, 2.24) is 5.32 Å². The molecule has 0 radical (unpaired) electrons. The summed E-state index contributed by atoms with van der Waals surface area (Å²) in [5, 5.41) is 2.61. The van der Waals surface area contributed by atoms with Crippen molar-refractivity contribution in [2.45, 2.75) is 13.8 Å². The van der Waals surface area contributed by atoms with Crippen molar-refractivity contribution in [2.75, 3.05) is 13.2 Å². The summed E-state index contributed by atoms with van der Waals surface area (Å²) < 4.78 is 12.1. The number of amides is 1. The van der Waals surface area contributed by atoms with Crippen molar-refractivity contribution < 1.29 is 14.3 Å². The Balaban J connectivity index is 1.57. The van der Waals surface area contributed by atoms with E-state index in [-0.39, 0.29) is 5.91 Å². The molecule has 2 aromatic rings. The standard InChI is InChI=1S/C20H19NO3S2/c1-13-5-3-6-14(2)18(13)24-10-9-23-16-8-4-7-15(11-16)12-17-19(22)21-20(25)26-17/h3-8,11-12H,9-10H2,1-2H3,(H,21,22,25)/b17-12-. The summed E-state index contributed by atoms with van der Waals surface area (Å²) >= 11 is 6.26. The highest BCUT2D eigenvalue weighted by Crippen LogP contribution is 2.27. The summed E-state index contributed by atoms with van der Waals surface area (Å²) in [6.45, 7) is 4.96. The number of thiocarbonyl (C=S) groups is 1. The highest BCUT2D eigenvalue weighted by atomic mass is 32.2. The summed E-state index contributed by atoms with van der Waals surface area (Å²) in [5.74, 6) is 1.48. The smallest absolute Gasteiger partial charge is 0.263 e. The van der Waals surface area contributed by atoms with Gasteiger partial charge in [0.05, 0.1) is 4.91 Å². The molecule has 0 aromatic heterocycles. The Morgan fingerprint density at radius 1 is 1.08 bits per heavy atom. The van der Waals surface area contributed by atoms with E-state index in [1.807, 2.05) is 56.3 Å². The molecule has 0 spiro atoms. The van der Waals surface area contributed by atoms with Crippen molar-refractivity contribution in [3.8, 4) is 11.5 Å². The fraction of sp³-hybridized carbons (Fsp3) is 0.200. The SMILES string of the molecule is Cc1cccc(C)c1OCCOc1cccc(/C=C2\SC(=S)NC2=O)c1. The van der Waals surface area contributed by atoms with Crippen LogP contribution in [0.2, 0.25) is 0 Å². The minimum atomic E-state index is -0.159. The Labute approximate surface area is 162 Å². The summed E-state index contributed by atoms with van der Waals surface area (Å²) in [6.07, 6.45) is 1.80. The zero-order valence-electron chi connectivity index (χ0n) is 14.6. The van der Waals surface area contributed by atoms with Crippen LogP contribution in [-0.2, 0) is 4.79 Å². The van der Waals surface area contributed by atoms with Crippen molar-refractivity contribution >= 4 is 40.3 Å². The maximum absolute atomic E-state index is 11.7. The molecule has 0 aliphatic carbocycles. The van der Waals surface area contributed by atoms with E-state index in [0.29, 0.717) is 22.4 Å². The van der Waals surface area contributed by atoms with Crippen molar-refractivity contribution in [3.05, 3.63) is 64.1 Å². The van der Waals surface area contributed by atoms with E-state index < -0.39 is 0 Å². The highest BCUT2D eigenvalue weighted by molar-refractivity contribution is 8.26. The largest absolute Gasteiger partial charge is 0.490 e. The van der Waals surface area contributed by atoms with Gasteiger partial charge in [0, 0.05) is 0 Å². The summed E-state index contributed by atoms with van der Waals surface area (Å²) in [7, 11) is 0. The van der Waals surface area contributed by atoms with Crippen LogP contribution >= 0.6 is 24.0 Å². The Kier molecular flexibility index (Phi) is 5.96. The van der Waals surface area contributed by atoms with Crippen LogP contribution in [0.15, 0.2) is 47.4 Å². The Morgan fingerprint density at radius 3 is 2.46 bits per heavy atom. The molecule has 1 saturated heterocycles. The fourth-order valence-corrected chi connectivity index (χ4v) is 3.64. The molecular weight excluding hydrogens is 366 g/mol. The summed E-state index contributed by atoms with van der Waals surface area (Å²) in [6, 6.07) is 13.7. The van der Waals surface area contributed by atoms with Crippen LogP contribution in [0.3, 0.4) is 0 Å². The monoisotopic (exact) mass is 385 g/mol. The quantitative estimate of drug-likeness (QED) is 0.458. The lowest BCUT2D eigenvalue weighted by Crippen LogP contribution is -2.17. The molecule has 1 N–H and O–H groups in total. The highest BCUT2D eigenvalue weighted by Gasteiger charge is 2.21. The van der Waals surface area contributed by atoms with Gasteiger partial charge in [-0.1, -0.05) is 54.3 Å². The van der Waals surface area contributed by atoms with Gasteiger partial charge in [0.25, 0.3) is 5.91 Å². The van der Waals surface area contributed by atoms with Gasteiger partial charge in [-0.05, 0) is 48.7 Å². The normalized spacial score (nSPS) is 15.2. The molecule has 0 bridgehead atoms. The van der Waals surface area contributed by atoms with E-state index in [0.717, 1.165) is 28.2 Å². The van der Waals surface area contributed by atoms with Gasteiger partial charge in [-0.3, -0.25) is 4.79 Å². The predicted molar refractivity (Wildman–Crippen MR) is 110 cm³/mol. The zero-order chi connectivity index (χ0) is 18.5. The number of rotatable bonds is 6. The first-order valence-electron chi connectivity index (χ1n) is 8.19. The third-order valence-corrected chi connectivity index (χ3v) is 4.97. The molecule has 4 nitrogen and oxygen atoms in total. The summed E-state index contributed by atoms with van der Waals surface area (Å²) in [5.41, 5.74) is 3.12. The third-order valence-electron chi connectivity index (χ3n) is 3.81. The molecule has 1 aliphatic rings. The topological polar surface area (TPSA) is 47.6 Å². The minimum Gasteiger partial charge on any atom is -0.490 e. The number of hydrogen-bond acceptors (Lipinski definition) is 5. The molecule has 1 fully saturated rings. The van der Waals surface area contributed by atoms with Gasteiger partial charge in [0.15, 0.2) is 0 Å². The molecule has 134 valence electrons. The van der Waals surface area contributed by atoms with Gasteiger partial charge in [-0.2, -0.15) is 0 Å². The zero-order valence-corrected chi connectivity index (χ0v) is 16.2. The first-order chi connectivity index (χ1) is 12.5. The maximum atomic E-state index is 11.7. The molecular formula is C20H19NO3S2. The lowest BCUT2D eigenvalue weighted by atomic mass is 10.1. The van der Waals surface area contributed by atoms with Crippen LogP contribution in [0.1, 0.15) is 16.7 Å². The molecule has 26 heavy (non-hydrogen) atoms. The van der Waals surface area contributed by atoms with Gasteiger partial charge in [0.2, 0.25) is 0 Å². The maximum Gasteiger partial charge on any atom is 0.263 e. The van der Waals surface area contributed by atoms with Gasteiger partial charge < -0.3 is 14.8 Å². The van der Waals surface area contributed by atoms with Crippen LogP contribution < -0.4 is 14.8 Å². The molecule has 1 amide bonds. The predicted octanol–water partition coefficient (Wildman–Crippen LogP) is 4.25. The number of carbonyl (C=O) groups excluding carboxylic acids is 1. The lowest BCUT2D eigenvalue weighted by molar-refractivity contribution is -0.115. The van der Waals surface area contributed by atoms with Gasteiger partial charge in [0.1, 0.15) is 29.0 Å². The summed E-state index contributed by atoms with van der Waals surface area (Å²) in [4.78, 5) is 12.3. The van der Waals surface area contributed by atoms with Crippen LogP contribution in [-0.4, -0.2) is 23.4 Å². The Hall–Kier alpha value is -2.31. The second kappa shape index (κ2) is 8.38. The van der Waals surface area contributed by atoms with E-state index in [2.05, 4.69) is 5.32 Å². The molecule has 2 aromatic carbocycles. The molecule has 0 atom stereocenters. The first-order valence-corrected chi connectivity index (χ1v) is 9.42. The average molecular weight is 386 g/mol. The van der Waals surface area contributed by atoms with Crippen LogP contribution in [0, 0.1) is 13.8 Å². The molecule has 6 heteroatoms. The van der Waals surface area contributed by atoms with E-state index in [1.54, 1.807) is 6.08 Å². The minimum absolute atomic E-state index is 0.159. The molecule has 0 unspecified atom stereocenters. The molecule has 3 rings (SSSR count). The van der Waals surface area contributed by atoms with Gasteiger partial charge >= 0.3 is 0 Å². The van der Waals surface area contributed by atoms with Gasteiger partial charge in [-0.15, -0.1) is 0 Å². The van der Waals surface area contributed by atoms with Crippen LogP contribution in [0.5, 0.6) is 11.5 Å². The number of para-hydroxylation sites is 1. The van der Waals surface area contributed by atoms with E-state index in [4.69, 9.17) is 21.7 Å². The average Bonchev–Trinajstić information content (AvgIpc) is 2.91. The van der Waals surface area contributed by atoms with Gasteiger partial charge in [-0.25, -0.2) is 0 Å². The Morgan fingerprint density at radius 2 is 1.77 bits per heavy atom. The number of hydrogen-bond donors (Lipinski definition) is 1. The fourth-order valence-electron chi connectivity index (χ4n) is 2.60. The van der Waals surface area contributed by atoms with E-state index in [9.17, 15) is 4.79 Å². The second-order valence-corrected chi connectivity index (χ2v) is 7.56. The molecule has 0 saturated carbocycles. The van der Waals surface area contributed by atoms with Crippen molar-refractivity contribution in [2.24, 2.45) is 0 Å². The number of ether oxygens (including phenoxy) is 2. The Bertz CT molecular complexity index is 857. The van der Waals surface area contributed by atoms with Crippen molar-refractivity contribution in [1.29, 1.82) is 0 Å². The first kappa shape index (κ1) is 18.5. The molecule has 1 heterocycles. The lowest BCUT2D eigenvalue weighted by Gasteiger charge is -2.12. The second-order valence-electron chi connectivity index (χ2n) is 5.84. The van der Waals surface area contributed by atoms with Crippen LogP contribution in [0.4, 0.5) is 0 Å². The van der Waals surface area contributed by atoms with Crippen LogP contribution in [0.25, 0.3) is 6.08 Å². The number of thioether (sulfide) groups is 1.